The summed E-state index contributed by atoms with van der Waals surface area (Å²) in [5, 5.41) is 14.3. The van der Waals surface area contributed by atoms with Crippen molar-refractivity contribution in [2.75, 3.05) is 23.1 Å². The molecule has 2 aromatic rings. The van der Waals surface area contributed by atoms with Gasteiger partial charge in [-0.25, -0.2) is 4.79 Å². The molecule has 0 aliphatic carbocycles. The zero-order valence-corrected chi connectivity index (χ0v) is 22.7. The molecule has 0 saturated carbocycles. The second-order valence-electron chi connectivity index (χ2n) is 9.82. The molecule has 1 atom stereocenters. The number of rotatable bonds is 8. The monoisotopic (exact) mass is 555 g/mol. The van der Waals surface area contributed by atoms with Gasteiger partial charge in [0, 0.05) is 23.7 Å². The Morgan fingerprint density at radius 2 is 1.82 bits per heavy atom. The number of esters is 1. The first-order valence-corrected chi connectivity index (χ1v) is 13.7. The Morgan fingerprint density at radius 1 is 1.15 bits per heavy atom. The molecule has 206 valence electrons. The van der Waals surface area contributed by atoms with E-state index in [0.717, 1.165) is 28.4 Å². The summed E-state index contributed by atoms with van der Waals surface area (Å²) in [5.74, 6) is -2.28. The van der Waals surface area contributed by atoms with Gasteiger partial charge in [0.25, 0.3) is 16.0 Å². The number of hydrogen-bond donors (Lipinski definition) is 2. The predicted octanol–water partition coefficient (Wildman–Crippen LogP) is 3.24. The number of carboxylic acids is 1. The highest BCUT2D eigenvalue weighted by Crippen LogP contribution is 2.45. The highest BCUT2D eigenvalue weighted by molar-refractivity contribution is 7.85. The zero-order valence-electron chi connectivity index (χ0n) is 21.9. The molecule has 0 spiro atoms. The fourth-order valence-corrected chi connectivity index (χ4v) is 5.24. The first-order chi connectivity index (χ1) is 18.3. The summed E-state index contributed by atoms with van der Waals surface area (Å²) in [7, 11) is -4.43. The molecular weight excluding hydrogens is 526 g/mol. The van der Waals surface area contributed by atoms with Crippen LogP contribution in [0.15, 0.2) is 58.0 Å². The van der Waals surface area contributed by atoms with Gasteiger partial charge in [-0.1, -0.05) is 19.9 Å². The van der Waals surface area contributed by atoms with Gasteiger partial charge in [-0.05, 0) is 67.4 Å². The molecule has 0 saturated heterocycles. The minimum Gasteiger partial charge on any atom is -0.481 e. The quantitative estimate of drug-likeness (QED) is 0.284. The van der Waals surface area contributed by atoms with Gasteiger partial charge in [0.2, 0.25) is 0 Å². The summed E-state index contributed by atoms with van der Waals surface area (Å²) >= 11 is 0. The summed E-state index contributed by atoms with van der Waals surface area (Å²) in [6.45, 7) is 8.23. The molecule has 2 heterocycles. The molecular formula is C27H29N3O8S. The molecule has 2 aliphatic heterocycles. The third-order valence-electron chi connectivity index (χ3n) is 7.14. The fraction of sp³-hybridized carbons (Fsp3) is 0.333. The lowest BCUT2D eigenvalue weighted by atomic mass is 9.80. The average Bonchev–Trinajstić information content (AvgIpc) is 3.28. The lowest BCUT2D eigenvalue weighted by molar-refractivity contribution is -0.137. The van der Waals surface area contributed by atoms with Gasteiger partial charge >= 0.3 is 11.9 Å². The Balaban J connectivity index is 1.73. The number of carbonyl (C=O) groups excluding carboxylic acids is 2. The summed E-state index contributed by atoms with van der Waals surface area (Å²) in [4.78, 5) is 39.0. The SMILES string of the molecule is CCOC(=O)C1=NN(c2ccc(S(=O)(=O)O)cc2)C(=O)/C1=C\c1ccc2c(c1)C(C)(C)C(C)N2CCC(=O)O. The van der Waals surface area contributed by atoms with Crippen LogP contribution < -0.4 is 9.91 Å². The standard InChI is InChI=1S/C27H29N3O8S/c1-5-38-26(34)24-20(25(33)30(28-24)18-7-9-19(10-8-18)39(35,36)37)14-17-6-11-22-21(15-17)27(3,4)16(2)29(22)13-12-23(31)32/h6-11,14-16H,5,12-13H2,1-4H3,(H,31,32)(H,35,36,37)/b20-14-. The van der Waals surface area contributed by atoms with Crippen molar-refractivity contribution >= 4 is 51.1 Å². The van der Waals surface area contributed by atoms with E-state index >= 15 is 0 Å². The Bertz CT molecular complexity index is 1510. The number of fused-ring (bicyclic) bond motifs is 1. The van der Waals surface area contributed by atoms with E-state index in [1.54, 1.807) is 19.1 Å². The van der Waals surface area contributed by atoms with Gasteiger partial charge in [0.1, 0.15) is 0 Å². The van der Waals surface area contributed by atoms with Gasteiger partial charge in [-0.2, -0.15) is 18.5 Å². The van der Waals surface area contributed by atoms with Crippen LogP contribution in [0.5, 0.6) is 0 Å². The van der Waals surface area contributed by atoms with Crippen LogP contribution in [-0.4, -0.2) is 60.8 Å². The summed E-state index contributed by atoms with van der Waals surface area (Å²) in [5.41, 5.74) is 2.20. The van der Waals surface area contributed by atoms with E-state index in [4.69, 9.17) is 4.74 Å². The van der Waals surface area contributed by atoms with Gasteiger partial charge < -0.3 is 14.7 Å². The van der Waals surface area contributed by atoms with E-state index in [1.807, 2.05) is 19.1 Å². The molecule has 12 heteroatoms. The minimum absolute atomic E-state index is 0.000572. The second-order valence-corrected chi connectivity index (χ2v) is 11.2. The molecule has 2 aliphatic rings. The van der Waals surface area contributed by atoms with Crippen LogP contribution in [-0.2, 0) is 34.7 Å². The Hall–Kier alpha value is -4.03. The minimum atomic E-state index is -4.43. The maximum Gasteiger partial charge on any atom is 0.359 e. The highest BCUT2D eigenvalue weighted by Gasteiger charge is 2.42. The van der Waals surface area contributed by atoms with Gasteiger partial charge in [-0.3, -0.25) is 14.1 Å². The number of carbonyl (C=O) groups is 3. The number of amides is 1. The maximum atomic E-state index is 13.4. The van der Waals surface area contributed by atoms with Crippen LogP contribution in [0, 0.1) is 0 Å². The van der Waals surface area contributed by atoms with E-state index < -0.39 is 28.0 Å². The van der Waals surface area contributed by atoms with Gasteiger partial charge in [0.15, 0.2) is 5.71 Å². The first kappa shape index (κ1) is 28.0. The Morgan fingerprint density at radius 3 is 2.41 bits per heavy atom. The first-order valence-electron chi connectivity index (χ1n) is 12.3. The highest BCUT2D eigenvalue weighted by atomic mass is 32.2. The summed E-state index contributed by atoms with van der Waals surface area (Å²) < 4.78 is 37.1. The summed E-state index contributed by atoms with van der Waals surface area (Å²) in [6.07, 6.45) is 1.55. The Labute approximate surface area is 226 Å². The van der Waals surface area contributed by atoms with E-state index in [0.29, 0.717) is 12.1 Å². The number of anilines is 2. The maximum absolute atomic E-state index is 13.4. The van der Waals surface area contributed by atoms with Crippen LogP contribution in [0.3, 0.4) is 0 Å². The smallest absolute Gasteiger partial charge is 0.359 e. The third kappa shape index (κ3) is 5.30. The van der Waals surface area contributed by atoms with Crippen molar-refractivity contribution in [2.45, 2.75) is 50.5 Å². The Kier molecular flexibility index (Phi) is 7.37. The van der Waals surface area contributed by atoms with E-state index in [1.165, 1.54) is 12.1 Å². The van der Waals surface area contributed by atoms with Crippen LogP contribution in [0.1, 0.15) is 45.2 Å². The van der Waals surface area contributed by atoms with Crippen LogP contribution >= 0.6 is 0 Å². The zero-order chi connectivity index (χ0) is 28.7. The van der Waals surface area contributed by atoms with Crippen molar-refractivity contribution in [3.8, 4) is 0 Å². The fourth-order valence-electron chi connectivity index (χ4n) is 4.76. The van der Waals surface area contributed by atoms with Crippen LogP contribution in [0.25, 0.3) is 6.08 Å². The molecule has 1 amide bonds. The number of ether oxygens (including phenoxy) is 1. The molecule has 4 rings (SSSR count). The molecule has 0 bridgehead atoms. The van der Waals surface area contributed by atoms with Gasteiger partial charge in [0.05, 0.1) is 29.2 Å². The largest absolute Gasteiger partial charge is 0.481 e. The number of carboxylic acid groups (broad SMARTS) is 1. The number of hydrogen-bond acceptors (Lipinski definition) is 8. The molecule has 2 aromatic carbocycles. The normalized spacial score (nSPS) is 19.3. The number of benzene rings is 2. The van der Waals surface area contributed by atoms with Crippen LogP contribution in [0.4, 0.5) is 11.4 Å². The molecule has 2 N–H and O–H groups in total. The van der Waals surface area contributed by atoms with Crippen molar-refractivity contribution in [2.24, 2.45) is 5.10 Å². The molecule has 0 radical (unpaired) electrons. The number of aliphatic carboxylic acids is 1. The topological polar surface area (TPSA) is 154 Å². The molecule has 11 nitrogen and oxygen atoms in total. The number of hydrazone groups is 1. The molecule has 39 heavy (non-hydrogen) atoms. The second kappa shape index (κ2) is 10.3. The number of nitrogens with zero attached hydrogens (tertiary/aromatic N) is 3. The van der Waals surface area contributed by atoms with Crippen LogP contribution in [0.2, 0.25) is 0 Å². The van der Waals surface area contributed by atoms with Crippen molar-refractivity contribution in [3.05, 3.63) is 59.2 Å². The molecule has 1 unspecified atom stereocenters. The third-order valence-corrected chi connectivity index (χ3v) is 8.01. The van der Waals surface area contributed by atoms with Crippen molar-refractivity contribution < 1.29 is 37.2 Å². The van der Waals surface area contributed by atoms with E-state index in [2.05, 4.69) is 23.8 Å². The van der Waals surface area contributed by atoms with Gasteiger partial charge in [-0.15, -0.1) is 0 Å². The van der Waals surface area contributed by atoms with E-state index in [9.17, 15) is 32.5 Å². The average molecular weight is 556 g/mol. The predicted molar refractivity (Wildman–Crippen MR) is 144 cm³/mol. The lowest BCUT2D eigenvalue weighted by Crippen LogP contribution is -2.39. The molecule has 0 fully saturated rings. The summed E-state index contributed by atoms with van der Waals surface area (Å²) in [6, 6.07) is 10.4. The lowest BCUT2D eigenvalue weighted by Gasteiger charge is -2.31. The van der Waals surface area contributed by atoms with Crippen molar-refractivity contribution in [1.82, 2.24) is 0 Å². The van der Waals surface area contributed by atoms with E-state index in [-0.39, 0.29) is 46.4 Å². The van der Waals surface area contributed by atoms with Crippen molar-refractivity contribution in [1.29, 1.82) is 0 Å². The van der Waals surface area contributed by atoms with Crippen molar-refractivity contribution in [3.63, 3.8) is 0 Å². The molecule has 0 aromatic heterocycles.